The van der Waals surface area contributed by atoms with Crippen molar-refractivity contribution in [3.05, 3.63) is 24.0 Å². The second kappa shape index (κ2) is 5.76. The van der Waals surface area contributed by atoms with Crippen LogP contribution >= 0.6 is 0 Å². The van der Waals surface area contributed by atoms with Gasteiger partial charge in [0.05, 0.1) is 17.5 Å². The normalized spacial score (nSPS) is 12.1. The Hall–Kier alpha value is -1.67. The van der Waals surface area contributed by atoms with Gasteiger partial charge in [-0.3, -0.25) is 9.52 Å². The highest BCUT2D eigenvalue weighted by Crippen LogP contribution is 2.21. The summed E-state index contributed by atoms with van der Waals surface area (Å²) in [4.78, 5) is 11.9. The quantitative estimate of drug-likeness (QED) is 0.761. The Morgan fingerprint density at radius 3 is 2.40 bits per heavy atom. The van der Waals surface area contributed by atoms with Crippen LogP contribution in [0.5, 0.6) is 0 Å². The number of sulfonamides is 1. The number of hydrogen-bond donors (Lipinski definition) is 3. The second-order valence-corrected chi connectivity index (χ2v) is 6.65. The van der Waals surface area contributed by atoms with Crippen molar-refractivity contribution < 1.29 is 17.6 Å². The molecule has 1 rings (SSSR count). The monoisotopic (exact) mass is 303 g/mol. The predicted molar refractivity (Wildman–Crippen MR) is 76.6 cm³/mol. The van der Waals surface area contributed by atoms with E-state index in [9.17, 15) is 17.6 Å². The molecule has 1 amide bonds. The molecular weight excluding hydrogens is 285 g/mol. The molecule has 0 unspecified atom stereocenters. The maximum Gasteiger partial charge on any atom is 0.244 e. The summed E-state index contributed by atoms with van der Waals surface area (Å²) >= 11 is 0. The van der Waals surface area contributed by atoms with Gasteiger partial charge in [0.1, 0.15) is 5.82 Å². The largest absolute Gasteiger partial charge is 0.324 e. The van der Waals surface area contributed by atoms with Crippen molar-refractivity contribution in [1.29, 1.82) is 0 Å². The summed E-state index contributed by atoms with van der Waals surface area (Å²) in [5, 5.41) is 5.41. The molecule has 0 aliphatic rings. The SMILES string of the molecule is CNC(C)(C)C(=O)Nc1ccc(F)c(NS(C)(=O)=O)c1. The maximum absolute atomic E-state index is 13.5. The van der Waals surface area contributed by atoms with Gasteiger partial charge in [-0.15, -0.1) is 0 Å². The molecule has 1 aromatic rings. The number of hydrogen-bond acceptors (Lipinski definition) is 4. The van der Waals surface area contributed by atoms with Gasteiger partial charge in [-0.25, -0.2) is 12.8 Å². The highest BCUT2D eigenvalue weighted by atomic mass is 32.2. The van der Waals surface area contributed by atoms with Crippen molar-refractivity contribution in [3.8, 4) is 0 Å². The van der Waals surface area contributed by atoms with Crippen molar-refractivity contribution in [2.24, 2.45) is 0 Å². The van der Waals surface area contributed by atoms with Crippen LogP contribution in [0.4, 0.5) is 15.8 Å². The van der Waals surface area contributed by atoms with Crippen molar-refractivity contribution in [2.75, 3.05) is 23.3 Å². The molecule has 0 radical (unpaired) electrons. The minimum Gasteiger partial charge on any atom is -0.324 e. The number of amides is 1. The van der Waals surface area contributed by atoms with E-state index in [0.29, 0.717) is 5.69 Å². The lowest BCUT2D eigenvalue weighted by molar-refractivity contribution is -0.121. The van der Waals surface area contributed by atoms with Crippen LogP contribution in [0.2, 0.25) is 0 Å². The Bertz CT molecular complexity index is 614. The molecule has 0 bridgehead atoms. The Labute approximate surface area is 117 Å². The van der Waals surface area contributed by atoms with Gasteiger partial charge in [-0.2, -0.15) is 0 Å². The zero-order valence-electron chi connectivity index (χ0n) is 11.7. The first kappa shape index (κ1) is 16.4. The van der Waals surface area contributed by atoms with Crippen LogP contribution < -0.4 is 15.4 Å². The van der Waals surface area contributed by atoms with E-state index in [-0.39, 0.29) is 11.6 Å². The van der Waals surface area contributed by atoms with Gasteiger partial charge in [0.15, 0.2) is 0 Å². The first-order valence-corrected chi connectivity index (χ1v) is 7.72. The van der Waals surface area contributed by atoms with E-state index in [0.717, 1.165) is 12.3 Å². The second-order valence-electron chi connectivity index (χ2n) is 4.90. The summed E-state index contributed by atoms with van der Waals surface area (Å²) < 4.78 is 37.8. The van der Waals surface area contributed by atoms with E-state index in [4.69, 9.17) is 0 Å². The van der Waals surface area contributed by atoms with Gasteiger partial charge in [-0.05, 0) is 39.1 Å². The highest BCUT2D eigenvalue weighted by Gasteiger charge is 2.25. The fraction of sp³-hybridized carbons (Fsp3) is 0.417. The van der Waals surface area contributed by atoms with Crippen LogP contribution in [0, 0.1) is 5.82 Å². The number of benzene rings is 1. The van der Waals surface area contributed by atoms with Crippen LogP contribution in [0.1, 0.15) is 13.8 Å². The fourth-order valence-corrected chi connectivity index (χ4v) is 1.84. The van der Waals surface area contributed by atoms with E-state index in [1.807, 2.05) is 4.72 Å². The molecule has 3 N–H and O–H groups in total. The highest BCUT2D eigenvalue weighted by molar-refractivity contribution is 7.92. The lowest BCUT2D eigenvalue weighted by Crippen LogP contribution is -2.47. The number of anilines is 2. The van der Waals surface area contributed by atoms with Gasteiger partial charge in [0.25, 0.3) is 0 Å². The molecule has 0 atom stereocenters. The number of nitrogens with one attached hydrogen (secondary N) is 3. The Morgan fingerprint density at radius 1 is 1.30 bits per heavy atom. The third-order valence-corrected chi connectivity index (χ3v) is 3.30. The van der Waals surface area contributed by atoms with Crippen molar-refractivity contribution in [2.45, 2.75) is 19.4 Å². The van der Waals surface area contributed by atoms with Gasteiger partial charge in [-0.1, -0.05) is 0 Å². The molecule has 0 heterocycles. The summed E-state index contributed by atoms with van der Waals surface area (Å²) in [5.74, 6) is -1.04. The predicted octanol–water partition coefficient (Wildman–Crippen LogP) is 1.13. The smallest absolute Gasteiger partial charge is 0.244 e. The van der Waals surface area contributed by atoms with Crippen LogP contribution in [-0.2, 0) is 14.8 Å². The first-order chi connectivity index (χ1) is 9.05. The van der Waals surface area contributed by atoms with E-state index in [2.05, 4.69) is 10.6 Å². The molecule has 0 fully saturated rings. The molecule has 6 nitrogen and oxygen atoms in total. The number of carbonyl (C=O) groups excluding carboxylic acids is 1. The zero-order valence-corrected chi connectivity index (χ0v) is 12.6. The van der Waals surface area contributed by atoms with E-state index in [1.165, 1.54) is 12.1 Å². The first-order valence-electron chi connectivity index (χ1n) is 5.83. The molecule has 0 aromatic heterocycles. The third kappa shape index (κ3) is 4.46. The summed E-state index contributed by atoms with van der Waals surface area (Å²) in [6.07, 6.45) is 0.918. The maximum atomic E-state index is 13.5. The molecule has 8 heteroatoms. The summed E-state index contributed by atoms with van der Waals surface area (Å²) in [6.45, 7) is 3.36. The molecular formula is C12H18FN3O3S. The Morgan fingerprint density at radius 2 is 1.90 bits per heavy atom. The number of rotatable bonds is 5. The van der Waals surface area contributed by atoms with Crippen LogP contribution in [0.3, 0.4) is 0 Å². The number of halogens is 1. The molecule has 20 heavy (non-hydrogen) atoms. The topological polar surface area (TPSA) is 87.3 Å². The zero-order chi connectivity index (χ0) is 15.6. The Balaban J connectivity index is 2.99. The lowest BCUT2D eigenvalue weighted by Gasteiger charge is -2.23. The van der Waals surface area contributed by atoms with Crippen LogP contribution in [-0.4, -0.2) is 33.2 Å². The fourth-order valence-electron chi connectivity index (χ4n) is 1.28. The van der Waals surface area contributed by atoms with E-state index < -0.39 is 21.4 Å². The minimum absolute atomic E-state index is 0.215. The van der Waals surface area contributed by atoms with Gasteiger partial charge in [0.2, 0.25) is 15.9 Å². The molecule has 0 aliphatic heterocycles. The molecule has 112 valence electrons. The van der Waals surface area contributed by atoms with Gasteiger partial charge >= 0.3 is 0 Å². The molecule has 1 aromatic carbocycles. The van der Waals surface area contributed by atoms with Crippen LogP contribution in [0.15, 0.2) is 18.2 Å². The van der Waals surface area contributed by atoms with Crippen molar-refractivity contribution >= 4 is 27.3 Å². The van der Waals surface area contributed by atoms with E-state index in [1.54, 1.807) is 20.9 Å². The van der Waals surface area contributed by atoms with Crippen LogP contribution in [0.25, 0.3) is 0 Å². The standard InChI is InChI=1S/C12H18FN3O3S/c1-12(2,14-3)11(17)15-8-5-6-9(13)10(7-8)16-20(4,18)19/h5-7,14,16H,1-4H3,(H,15,17). The number of carbonyl (C=O) groups is 1. The summed E-state index contributed by atoms with van der Waals surface area (Å²) in [5.41, 5.74) is -0.725. The Kier molecular flexibility index (Phi) is 4.72. The van der Waals surface area contributed by atoms with Gasteiger partial charge in [0, 0.05) is 5.69 Å². The minimum atomic E-state index is -3.59. The molecule has 0 saturated carbocycles. The average molecular weight is 303 g/mol. The van der Waals surface area contributed by atoms with E-state index >= 15 is 0 Å². The molecule has 0 spiro atoms. The average Bonchev–Trinajstić information content (AvgIpc) is 2.31. The third-order valence-electron chi connectivity index (χ3n) is 2.71. The summed E-state index contributed by atoms with van der Waals surface area (Å²) in [7, 11) is -1.95. The van der Waals surface area contributed by atoms with Gasteiger partial charge < -0.3 is 10.6 Å². The number of likely N-dealkylation sites (N-methyl/N-ethyl adjacent to an activating group) is 1. The molecule has 0 saturated heterocycles. The van der Waals surface area contributed by atoms with Crippen molar-refractivity contribution in [3.63, 3.8) is 0 Å². The molecule has 0 aliphatic carbocycles. The summed E-state index contributed by atoms with van der Waals surface area (Å²) in [6, 6.07) is 3.65. The lowest BCUT2D eigenvalue weighted by atomic mass is 10.1. The van der Waals surface area contributed by atoms with Crippen molar-refractivity contribution in [1.82, 2.24) is 5.32 Å².